The van der Waals surface area contributed by atoms with Crippen molar-refractivity contribution in [3.05, 3.63) is 65.7 Å². The van der Waals surface area contributed by atoms with Gasteiger partial charge in [0.25, 0.3) is 0 Å². The first kappa shape index (κ1) is 27.8. The van der Waals surface area contributed by atoms with Crippen LogP contribution in [0.15, 0.2) is 59.5 Å². The summed E-state index contributed by atoms with van der Waals surface area (Å²) in [6.45, 7) is 0.638. The molecule has 2 atom stereocenters. The predicted molar refractivity (Wildman–Crippen MR) is 119 cm³/mol. The largest absolute Gasteiger partial charge is 0.490 e. The number of carbonyl (C=O) groups is 1. The molecule has 0 amide bonds. The van der Waals surface area contributed by atoms with Crippen LogP contribution in [0.1, 0.15) is 23.5 Å². The molecule has 0 spiro atoms. The second-order valence-corrected chi connectivity index (χ2v) is 11.7. The molecule has 3 rings (SSSR count). The molecule has 0 saturated carbocycles. The highest BCUT2D eigenvalue weighted by molar-refractivity contribution is 7.91. The molecule has 8 nitrogen and oxygen atoms in total. The smallest absolute Gasteiger partial charge is 0.475 e. The average molecular weight is 523 g/mol. The highest BCUT2D eigenvalue weighted by Gasteiger charge is 2.40. The van der Waals surface area contributed by atoms with Gasteiger partial charge in [0, 0.05) is 19.1 Å². The highest BCUT2D eigenvalue weighted by Crippen LogP contribution is 2.34. The minimum Gasteiger partial charge on any atom is -0.475 e. The van der Waals surface area contributed by atoms with Gasteiger partial charge in [0.1, 0.15) is 0 Å². The molecule has 3 N–H and O–H groups in total. The minimum absolute atomic E-state index is 0.0132. The summed E-state index contributed by atoms with van der Waals surface area (Å²) in [7, 11) is -7.12. The number of benzene rings is 2. The number of nitrogens with two attached hydrogens (primary N) is 1. The van der Waals surface area contributed by atoms with E-state index in [1.165, 1.54) is 16.4 Å². The topological polar surface area (TPSA) is 135 Å². The number of hydrogen-bond donors (Lipinski definition) is 2. The number of alkyl halides is 3. The number of sulfonamides is 1. The maximum absolute atomic E-state index is 12.9. The molecule has 0 bridgehead atoms. The molecule has 0 aromatic heterocycles. The van der Waals surface area contributed by atoms with Gasteiger partial charge in [-0.25, -0.2) is 21.6 Å². The van der Waals surface area contributed by atoms with Crippen molar-refractivity contribution in [2.24, 2.45) is 5.73 Å². The van der Waals surface area contributed by atoms with E-state index in [2.05, 4.69) is 0 Å². The van der Waals surface area contributed by atoms with E-state index in [9.17, 15) is 30.0 Å². The summed E-state index contributed by atoms with van der Waals surface area (Å²) < 4.78 is 83.3. The molecule has 1 heterocycles. The molecular weight excluding hydrogens is 497 g/mol. The Bertz CT molecular complexity index is 1190. The van der Waals surface area contributed by atoms with Crippen LogP contribution in [0.2, 0.25) is 0 Å². The molecule has 1 aliphatic rings. The second kappa shape index (κ2) is 10.8. The fourth-order valence-corrected chi connectivity index (χ4v) is 6.41. The van der Waals surface area contributed by atoms with Gasteiger partial charge in [-0.2, -0.15) is 17.5 Å². The van der Waals surface area contributed by atoms with Crippen LogP contribution in [-0.2, 0) is 31.2 Å². The molecule has 2 aromatic carbocycles. The summed E-state index contributed by atoms with van der Waals surface area (Å²) in [6, 6.07) is 15.5. The van der Waals surface area contributed by atoms with E-state index in [1.807, 2.05) is 30.3 Å². The Morgan fingerprint density at radius 3 is 2.03 bits per heavy atom. The molecule has 0 aliphatic carbocycles. The quantitative estimate of drug-likeness (QED) is 0.595. The molecule has 1 saturated heterocycles. The van der Waals surface area contributed by atoms with Gasteiger partial charge in [-0.3, -0.25) is 0 Å². The summed E-state index contributed by atoms with van der Waals surface area (Å²) in [4.78, 5) is 9.09. The third kappa shape index (κ3) is 7.52. The Balaban J connectivity index is 0.000000509. The lowest BCUT2D eigenvalue weighted by Crippen LogP contribution is -2.39. The fraction of sp³-hybridized carbons (Fsp3) is 0.381. The zero-order chi connectivity index (χ0) is 25.7. The zero-order valence-corrected chi connectivity index (χ0v) is 19.8. The first-order chi connectivity index (χ1) is 15.6. The number of hydrogen-bond acceptors (Lipinski definition) is 6. The van der Waals surface area contributed by atoms with Crippen molar-refractivity contribution in [2.75, 3.05) is 18.6 Å². The SMILES string of the molecule is CS(=O)(=O)N1C[C@H](c2ccccc2)C[C@@H]1CS(=O)(=O)c1ccc(CN)cc1.O=C(O)C(F)(F)F. The van der Waals surface area contributed by atoms with Crippen LogP contribution in [-0.4, -0.2) is 63.0 Å². The Kier molecular flexibility index (Phi) is 8.86. The maximum Gasteiger partial charge on any atom is 0.490 e. The molecule has 1 fully saturated rings. The van der Waals surface area contributed by atoms with Crippen molar-refractivity contribution in [3.63, 3.8) is 0 Å². The summed E-state index contributed by atoms with van der Waals surface area (Å²) in [6.07, 6.45) is -3.47. The molecule has 34 heavy (non-hydrogen) atoms. The van der Waals surface area contributed by atoms with Crippen molar-refractivity contribution in [1.29, 1.82) is 0 Å². The zero-order valence-electron chi connectivity index (χ0n) is 18.1. The van der Waals surface area contributed by atoms with Crippen molar-refractivity contribution in [3.8, 4) is 0 Å². The molecule has 2 aromatic rings. The van der Waals surface area contributed by atoms with E-state index in [0.717, 1.165) is 17.4 Å². The van der Waals surface area contributed by atoms with Crippen LogP contribution < -0.4 is 5.73 Å². The molecular formula is C21H25F3N2O6S2. The van der Waals surface area contributed by atoms with E-state index in [4.69, 9.17) is 15.6 Å². The van der Waals surface area contributed by atoms with E-state index in [1.54, 1.807) is 12.1 Å². The van der Waals surface area contributed by atoms with Gasteiger partial charge >= 0.3 is 12.1 Å². The standard InChI is InChI=1S/C19H24N2O4S2.C2HF3O2/c1-26(22,23)21-13-17(16-5-3-2-4-6-16)11-18(21)14-27(24,25)19-9-7-15(12-20)8-10-19;3-2(4,5)1(6)7/h2-10,17-18H,11-14,20H2,1H3;(H,6,7)/t17-,18-;/m1./s1. The summed E-state index contributed by atoms with van der Waals surface area (Å²) in [5, 5.41) is 7.12. The number of carboxylic acids is 1. The molecule has 0 radical (unpaired) electrons. The number of halogens is 3. The third-order valence-electron chi connectivity index (χ3n) is 5.23. The van der Waals surface area contributed by atoms with E-state index in [0.29, 0.717) is 19.5 Å². The van der Waals surface area contributed by atoms with Gasteiger partial charge in [-0.15, -0.1) is 0 Å². The van der Waals surface area contributed by atoms with Crippen LogP contribution in [0, 0.1) is 0 Å². The average Bonchev–Trinajstić information content (AvgIpc) is 3.18. The Labute approximate surface area is 196 Å². The molecule has 188 valence electrons. The van der Waals surface area contributed by atoms with Crippen LogP contribution >= 0.6 is 0 Å². The lowest BCUT2D eigenvalue weighted by atomic mass is 9.97. The Morgan fingerprint density at radius 1 is 1.06 bits per heavy atom. The van der Waals surface area contributed by atoms with Crippen LogP contribution in [0.5, 0.6) is 0 Å². The summed E-state index contributed by atoms with van der Waals surface area (Å²) in [5.41, 5.74) is 7.43. The first-order valence-corrected chi connectivity index (χ1v) is 13.5. The Morgan fingerprint density at radius 2 is 1.59 bits per heavy atom. The van der Waals surface area contributed by atoms with Crippen molar-refractivity contribution in [2.45, 2.75) is 36.0 Å². The predicted octanol–water partition coefficient (Wildman–Crippen LogP) is 2.37. The van der Waals surface area contributed by atoms with E-state index >= 15 is 0 Å². The minimum atomic E-state index is -5.08. The first-order valence-electron chi connectivity index (χ1n) is 9.98. The van der Waals surface area contributed by atoms with Crippen molar-refractivity contribution in [1.82, 2.24) is 4.31 Å². The van der Waals surface area contributed by atoms with Gasteiger partial charge in [0.15, 0.2) is 9.84 Å². The number of aliphatic carboxylic acids is 1. The number of carboxylic acid groups (broad SMARTS) is 1. The van der Waals surface area contributed by atoms with Gasteiger partial charge in [-0.1, -0.05) is 42.5 Å². The van der Waals surface area contributed by atoms with Crippen molar-refractivity contribution < 1.29 is 39.9 Å². The monoisotopic (exact) mass is 522 g/mol. The van der Waals surface area contributed by atoms with Gasteiger partial charge in [0.05, 0.1) is 16.9 Å². The van der Waals surface area contributed by atoms with Crippen molar-refractivity contribution >= 4 is 25.8 Å². The van der Waals surface area contributed by atoms with Crippen LogP contribution in [0.25, 0.3) is 0 Å². The maximum atomic E-state index is 12.9. The second-order valence-electron chi connectivity index (χ2n) is 7.76. The highest BCUT2D eigenvalue weighted by atomic mass is 32.2. The number of rotatable bonds is 6. The fourth-order valence-electron chi connectivity index (χ4n) is 3.59. The van der Waals surface area contributed by atoms with Crippen LogP contribution in [0.3, 0.4) is 0 Å². The third-order valence-corrected chi connectivity index (χ3v) is 8.35. The van der Waals surface area contributed by atoms with Gasteiger partial charge in [0.2, 0.25) is 10.0 Å². The van der Waals surface area contributed by atoms with E-state index < -0.39 is 38.0 Å². The lowest BCUT2D eigenvalue weighted by Gasteiger charge is -2.21. The van der Waals surface area contributed by atoms with Gasteiger partial charge < -0.3 is 10.8 Å². The molecule has 1 aliphatic heterocycles. The normalized spacial score (nSPS) is 19.3. The summed E-state index contributed by atoms with van der Waals surface area (Å²) in [5.74, 6) is -3.00. The summed E-state index contributed by atoms with van der Waals surface area (Å²) >= 11 is 0. The number of nitrogens with zero attached hydrogens (tertiary/aromatic N) is 1. The van der Waals surface area contributed by atoms with Gasteiger partial charge in [-0.05, 0) is 35.6 Å². The lowest BCUT2D eigenvalue weighted by molar-refractivity contribution is -0.192. The van der Waals surface area contributed by atoms with Crippen LogP contribution in [0.4, 0.5) is 13.2 Å². The Hall–Kier alpha value is -2.48. The van der Waals surface area contributed by atoms with E-state index in [-0.39, 0.29) is 16.6 Å². The molecule has 0 unspecified atom stereocenters. The molecule has 13 heteroatoms. The number of sulfone groups is 1.